The summed E-state index contributed by atoms with van der Waals surface area (Å²) in [6, 6.07) is 8.63. The Labute approximate surface area is 110 Å². The molecule has 3 rings (SSSR count). The van der Waals surface area contributed by atoms with Crippen LogP contribution in [0.15, 0.2) is 24.3 Å². The zero-order valence-electron chi connectivity index (χ0n) is 11.2. The van der Waals surface area contributed by atoms with Gasteiger partial charge < -0.3 is 0 Å². The third kappa shape index (κ3) is 2.00. The number of hydrogen-bond donors (Lipinski definition) is 0. The van der Waals surface area contributed by atoms with Crippen LogP contribution in [0, 0.1) is 11.3 Å². The monoisotopic (exact) mass is 242 g/mol. The second-order valence-electron chi connectivity index (χ2n) is 6.34. The van der Waals surface area contributed by atoms with Crippen LogP contribution >= 0.6 is 0 Å². The van der Waals surface area contributed by atoms with Crippen LogP contribution in [-0.2, 0) is 17.6 Å². The first-order chi connectivity index (χ1) is 8.69. The highest BCUT2D eigenvalue weighted by molar-refractivity contribution is 5.87. The summed E-state index contributed by atoms with van der Waals surface area (Å²) in [4.78, 5) is 12.7. The van der Waals surface area contributed by atoms with Crippen molar-refractivity contribution in [2.24, 2.45) is 11.3 Å². The van der Waals surface area contributed by atoms with E-state index < -0.39 is 0 Å². The van der Waals surface area contributed by atoms with Crippen LogP contribution in [0.5, 0.6) is 0 Å². The Morgan fingerprint density at radius 1 is 1.17 bits per heavy atom. The number of rotatable bonds is 2. The van der Waals surface area contributed by atoms with Crippen LogP contribution in [0.1, 0.15) is 50.2 Å². The summed E-state index contributed by atoms with van der Waals surface area (Å²) in [5, 5.41) is 0. The molecule has 1 atom stereocenters. The van der Waals surface area contributed by atoms with Gasteiger partial charge in [-0.3, -0.25) is 4.79 Å². The second-order valence-corrected chi connectivity index (χ2v) is 6.34. The predicted octanol–water partition coefficient (Wildman–Crippen LogP) is 3.94. The van der Waals surface area contributed by atoms with E-state index in [2.05, 4.69) is 31.2 Å². The van der Waals surface area contributed by atoms with E-state index in [4.69, 9.17) is 0 Å². The van der Waals surface area contributed by atoms with Gasteiger partial charge in [0.25, 0.3) is 0 Å². The van der Waals surface area contributed by atoms with Gasteiger partial charge in [0.15, 0.2) is 0 Å². The standard InChI is InChI=1S/C17H22O/c1-17(10-4-5-11-17)16(18)15-9-8-13-6-2-3-7-14(13)12-15/h2-3,6-7,15H,4-5,8-12H2,1H3. The number of Topliss-reactive ketones (excluding diaryl/α,β-unsaturated/α-hetero) is 1. The SMILES string of the molecule is CC1(C(=O)C2CCc3ccccc3C2)CCCC1. The van der Waals surface area contributed by atoms with Gasteiger partial charge in [0.05, 0.1) is 0 Å². The van der Waals surface area contributed by atoms with Crippen molar-refractivity contribution >= 4 is 5.78 Å². The van der Waals surface area contributed by atoms with Crippen molar-refractivity contribution in [2.45, 2.75) is 51.9 Å². The summed E-state index contributed by atoms with van der Waals surface area (Å²) in [5.74, 6) is 0.831. The van der Waals surface area contributed by atoms with E-state index in [9.17, 15) is 4.79 Å². The highest BCUT2D eigenvalue weighted by Crippen LogP contribution is 2.42. The van der Waals surface area contributed by atoms with Crippen LogP contribution in [0.25, 0.3) is 0 Å². The Morgan fingerprint density at radius 2 is 1.83 bits per heavy atom. The molecule has 0 aromatic heterocycles. The number of aryl methyl sites for hydroxylation is 1. The molecule has 1 nitrogen and oxygen atoms in total. The van der Waals surface area contributed by atoms with E-state index in [1.165, 1.54) is 24.0 Å². The number of carbonyl (C=O) groups is 1. The average molecular weight is 242 g/mol. The molecule has 1 aromatic rings. The molecule has 1 unspecified atom stereocenters. The van der Waals surface area contributed by atoms with Crippen molar-refractivity contribution in [3.63, 3.8) is 0 Å². The van der Waals surface area contributed by atoms with Gasteiger partial charge in [-0.15, -0.1) is 0 Å². The normalized spacial score (nSPS) is 25.7. The van der Waals surface area contributed by atoms with E-state index in [1.54, 1.807) is 0 Å². The molecule has 1 heteroatoms. The molecule has 0 radical (unpaired) electrons. The van der Waals surface area contributed by atoms with Gasteiger partial charge in [-0.25, -0.2) is 0 Å². The van der Waals surface area contributed by atoms with Crippen LogP contribution < -0.4 is 0 Å². The number of benzene rings is 1. The molecule has 0 heterocycles. The fourth-order valence-electron chi connectivity index (χ4n) is 3.82. The smallest absolute Gasteiger partial charge is 0.142 e. The van der Waals surface area contributed by atoms with Gasteiger partial charge in [-0.1, -0.05) is 44.0 Å². The molecule has 96 valence electrons. The van der Waals surface area contributed by atoms with Gasteiger partial charge in [0.1, 0.15) is 5.78 Å². The zero-order valence-corrected chi connectivity index (χ0v) is 11.2. The second kappa shape index (κ2) is 4.53. The lowest BCUT2D eigenvalue weighted by atomic mass is 9.72. The van der Waals surface area contributed by atoms with Crippen molar-refractivity contribution in [1.82, 2.24) is 0 Å². The Bertz CT molecular complexity index is 454. The lowest BCUT2D eigenvalue weighted by Crippen LogP contribution is -2.34. The lowest BCUT2D eigenvalue weighted by Gasteiger charge is -2.31. The molecule has 2 aliphatic rings. The molecule has 1 aromatic carbocycles. The van der Waals surface area contributed by atoms with Crippen molar-refractivity contribution < 1.29 is 4.79 Å². The summed E-state index contributed by atoms with van der Waals surface area (Å²) < 4.78 is 0. The summed E-state index contributed by atoms with van der Waals surface area (Å²) in [6.45, 7) is 2.20. The van der Waals surface area contributed by atoms with E-state index in [-0.39, 0.29) is 11.3 Å². The van der Waals surface area contributed by atoms with Crippen molar-refractivity contribution in [1.29, 1.82) is 0 Å². The van der Waals surface area contributed by atoms with Crippen LogP contribution in [0.3, 0.4) is 0 Å². The zero-order chi connectivity index (χ0) is 12.6. The quantitative estimate of drug-likeness (QED) is 0.767. The third-order valence-corrected chi connectivity index (χ3v) is 5.02. The minimum absolute atomic E-state index is 0.00303. The third-order valence-electron chi connectivity index (χ3n) is 5.02. The first-order valence-electron chi connectivity index (χ1n) is 7.30. The minimum Gasteiger partial charge on any atom is -0.299 e. The molecule has 1 fully saturated rings. The van der Waals surface area contributed by atoms with Crippen LogP contribution in [0.2, 0.25) is 0 Å². The van der Waals surface area contributed by atoms with Crippen molar-refractivity contribution in [2.75, 3.05) is 0 Å². The maximum atomic E-state index is 12.7. The first-order valence-corrected chi connectivity index (χ1v) is 7.30. The maximum Gasteiger partial charge on any atom is 0.142 e. The molecule has 2 aliphatic carbocycles. The van der Waals surface area contributed by atoms with Gasteiger partial charge in [-0.2, -0.15) is 0 Å². The van der Waals surface area contributed by atoms with Gasteiger partial charge >= 0.3 is 0 Å². The molecule has 18 heavy (non-hydrogen) atoms. The van der Waals surface area contributed by atoms with E-state index in [0.29, 0.717) is 5.78 Å². The Kier molecular flexibility index (Phi) is 3.01. The minimum atomic E-state index is -0.00303. The summed E-state index contributed by atoms with van der Waals surface area (Å²) in [7, 11) is 0. The molecular weight excluding hydrogens is 220 g/mol. The topological polar surface area (TPSA) is 17.1 Å². The van der Waals surface area contributed by atoms with Gasteiger partial charge in [-0.05, 0) is 43.2 Å². The summed E-state index contributed by atoms with van der Waals surface area (Å²) >= 11 is 0. The number of carbonyl (C=O) groups excluding carboxylic acids is 1. The molecule has 0 N–H and O–H groups in total. The highest BCUT2D eigenvalue weighted by Gasteiger charge is 2.40. The Morgan fingerprint density at radius 3 is 2.56 bits per heavy atom. The lowest BCUT2D eigenvalue weighted by molar-refractivity contribution is -0.132. The number of hydrogen-bond acceptors (Lipinski definition) is 1. The fourth-order valence-corrected chi connectivity index (χ4v) is 3.82. The molecule has 0 spiro atoms. The van der Waals surface area contributed by atoms with Crippen molar-refractivity contribution in [3.8, 4) is 0 Å². The largest absolute Gasteiger partial charge is 0.299 e. The average Bonchev–Trinajstić information content (AvgIpc) is 2.85. The molecule has 0 aliphatic heterocycles. The molecule has 0 bridgehead atoms. The van der Waals surface area contributed by atoms with Crippen molar-refractivity contribution in [3.05, 3.63) is 35.4 Å². The Hall–Kier alpha value is -1.11. The molecule has 1 saturated carbocycles. The highest BCUT2D eigenvalue weighted by atomic mass is 16.1. The van der Waals surface area contributed by atoms with Crippen LogP contribution in [-0.4, -0.2) is 5.78 Å². The fraction of sp³-hybridized carbons (Fsp3) is 0.588. The molecule has 0 amide bonds. The first kappa shape index (κ1) is 12.0. The predicted molar refractivity (Wildman–Crippen MR) is 73.5 cm³/mol. The Balaban J connectivity index is 1.78. The van der Waals surface area contributed by atoms with Gasteiger partial charge in [0.2, 0.25) is 0 Å². The molecular formula is C17H22O. The van der Waals surface area contributed by atoms with E-state index in [1.807, 2.05) is 0 Å². The number of fused-ring (bicyclic) bond motifs is 1. The maximum absolute atomic E-state index is 12.7. The number of ketones is 1. The van der Waals surface area contributed by atoms with E-state index >= 15 is 0 Å². The van der Waals surface area contributed by atoms with Crippen LogP contribution in [0.4, 0.5) is 0 Å². The van der Waals surface area contributed by atoms with Gasteiger partial charge in [0, 0.05) is 11.3 Å². The van der Waals surface area contributed by atoms with E-state index in [0.717, 1.165) is 32.1 Å². The summed E-state index contributed by atoms with van der Waals surface area (Å²) in [6.07, 6.45) is 7.84. The molecule has 0 saturated heterocycles. The summed E-state index contributed by atoms with van der Waals surface area (Å²) in [5.41, 5.74) is 2.86.